The first-order valence-corrected chi connectivity index (χ1v) is 5.81. The lowest BCUT2D eigenvalue weighted by atomic mass is 10.3. The van der Waals surface area contributed by atoms with E-state index in [4.69, 9.17) is 9.79 Å². The summed E-state index contributed by atoms with van der Waals surface area (Å²) in [7, 11) is -5.85. The van der Waals surface area contributed by atoms with Crippen LogP contribution in [0.5, 0.6) is 0 Å². The van der Waals surface area contributed by atoms with Crippen LogP contribution in [-0.2, 0) is 13.4 Å². The van der Waals surface area contributed by atoms with E-state index in [0.29, 0.717) is 0 Å². The highest BCUT2D eigenvalue weighted by Gasteiger charge is 2.31. The van der Waals surface area contributed by atoms with Gasteiger partial charge in [-0.1, -0.05) is 33.1 Å². The molecular formula is C5H14O5P2+2. The van der Waals surface area contributed by atoms with Gasteiger partial charge in [0.1, 0.15) is 0 Å². The van der Waals surface area contributed by atoms with E-state index in [-0.39, 0.29) is 0 Å². The maximum atomic E-state index is 9.39. The van der Waals surface area contributed by atoms with E-state index in [2.05, 4.69) is 18.2 Å². The SMILES string of the molecule is CCCCC.O=[P+](O)O[P+](=O)O. The van der Waals surface area contributed by atoms with Gasteiger partial charge in [-0.05, 0) is 0 Å². The van der Waals surface area contributed by atoms with Crippen molar-refractivity contribution in [2.75, 3.05) is 0 Å². The van der Waals surface area contributed by atoms with Gasteiger partial charge in [-0.15, -0.1) is 9.79 Å². The minimum Gasteiger partial charge on any atom is -0.131 e. The average molecular weight is 216 g/mol. The monoisotopic (exact) mass is 216 g/mol. The normalized spacial score (nSPS) is 11.3. The summed E-state index contributed by atoms with van der Waals surface area (Å²) >= 11 is 0. The van der Waals surface area contributed by atoms with Crippen molar-refractivity contribution >= 4 is 16.5 Å². The highest BCUT2D eigenvalue weighted by molar-refractivity contribution is 7.46. The van der Waals surface area contributed by atoms with Gasteiger partial charge in [0.2, 0.25) is 0 Å². The predicted octanol–water partition coefficient (Wildman–Crippen LogP) is 2.50. The topological polar surface area (TPSA) is 83.8 Å². The number of unbranched alkanes of at least 4 members (excludes halogenated alkanes) is 2. The summed E-state index contributed by atoms with van der Waals surface area (Å²) in [6, 6.07) is 0. The standard InChI is InChI=1S/C5H12.O5P2/c1-3-5-4-2;1-6(2)5-7(3)4/h3-5H2,1-2H3;/p+2. The van der Waals surface area contributed by atoms with Crippen LogP contribution in [-0.4, -0.2) is 9.79 Å². The van der Waals surface area contributed by atoms with Gasteiger partial charge in [0.05, 0.1) is 0 Å². The highest BCUT2D eigenvalue weighted by Crippen LogP contribution is 2.30. The van der Waals surface area contributed by atoms with Crippen LogP contribution in [0.4, 0.5) is 0 Å². The molecular weight excluding hydrogens is 202 g/mol. The molecule has 0 amide bonds. The molecule has 2 N–H and O–H groups in total. The summed E-state index contributed by atoms with van der Waals surface area (Å²) in [5, 5.41) is 0. The molecule has 0 aliphatic carbocycles. The summed E-state index contributed by atoms with van der Waals surface area (Å²) in [4.78, 5) is 15.3. The van der Waals surface area contributed by atoms with Crippen molar-refractivity contribution in [3.05, 3.63) is 0 Å². The maximum absolute atomic E-state index is 9.39. The molecule has 0 spiro atoms. The van der Waals surface area contributed by atoms with Gasteiger partial charge in [0.25, 0.3) is 0 Å². The molecule has 0 aromatic heterocycles. The first kappa shape index (κ1) is 14.6. The van der Waals surface area contributed by atoms with Crippen molar-refractivity contribution in [2.45, 2.75) is 33.1 Å². The lowest BCUT2D eigenvalue weighted by molar-refractivity contribution is 0.371. The van der Waals surface area contributed by atoms with Crippen molar-refractivity contribution < 1.29 is 23.2 Å². The van der Waals surface area contributed by atoms with E-state index < -0.39 is 16.5 Å². The Bertz CT molecular complexity index is 124. The molecule has 0 aromatic carbocycles. The second-order valence-electron chi connectivity index (χ2n) is 1.91. The van der Waals surface area contributed by atoms with Gasteiger partial charge in [0, 0.05) is 9.13 Å². The third-order valence-corrected chi connectivity index (χ3v) is 1.96. The summed E-state index contributed by atoms with van der Waals surface area (Å²) in [5.74, 6) is 0. The van der Waals surface area contributed by atoms with E-state index >= 15 is 0 Å². The van der Waals surface area contributed by atoms with E-state index in [1.54, 1.807) is 0 Å². The zero-order valence-electron chi connectivity index (χ0n) is 7.13. The fraction of sp³-hybridized carbons (Fsp3) is 1.00. The Balaban J connectivity index is 0. The third-order valence-electron chi connectivity index (χ3n) is 0.847. The molecule has 0 aliphatic rings. The molecule has 0 rings (SSSR count). The van der Waals surface area contributed by atoms with Crippen molar-refractivity contribution in [1.29, 1.82) is 0 Å². The quantitative estimate of drug-likeness (QED) is 0.705. The van der Waals surface area contributed by atoms with Gasteiger partial charge in [0.15, 0.2) is 4.31 Å². The molecule has 0 bridgehead atoms. The average Bonchev–Trinajstić information content (AvgIpc) is 1.87. The molecule has 0 fully saturated rings. The molecule has 2 atom stereocenters. The molecule has 72 valence electrons. The Labute approximate surface area is 73.7 Å². The fourth-order valence-corrected chi connectivity index (χ4v) is 0.891. The number of hydrogen-bond donors (Lipinski definition) is 2. The van der Waals surface area contributed by atoms with Crippen LogP contribution in [0.25, 0.3) is 0 Å². The third kappa shape index (κ3) is 22.5. The lowest BCUT2D eigenvalue weighted by Gasteiger charge is -1.79. The van der Waals surface area contributed by atoms with Crippen molar-refractivity contribution in [3.63, 3.8) is 0 Å². The molecule has 0 aliphatic heterocycles. The Morgan fingerprint density at radius 2 is 1.42 bits per heavy atom. The van der Waals surface area contributed by atoms with Crippen LogP contribution < -0.4 is 0 Å². The van der Waals surface area contributed by atoms with E-state index in [9.17, 15) is 9.13 Å². The van der Waals surface area contributed by atoms with Crippen LogP contribution >= 0.6 is 16.5 Å². The first-order chi connectivity index (χ1) is 5.54. The smallest absolute Gasteiger partial charge is 0.131 e. The van der Waals surface area contributed by atoms with E-state index in [1.807, 2.05) is 0 Å². The fourth-order valence-electron chi connectivity index (χ4n) is 0.413. The zero-order chi connectivity index (χ0) is 9.98. The Hall–Kier alpha value is 0.0800. The molecule has 0 saturated carbocycles. The Kier molecular flexibility index (Phi) is 13.5. The zero-order valence-corrected chi connectivity index (χ0v) is 8.92. The molecule has 7 heteroatoms. The molecule has 0 saturated heterocycles. The molecule has 12 heavy (non-hydrogen) atoms. The summed E-state index contributed by atoms with van der Waals surface area (Å²) in [6.07, 6.45) is 4.08. The van der Waals surface area contributed by atoms with Crippen LogP contribution in [0.3, 0.4) is 0 Å². The highest BCUT2D eigenvalue weighted by atomic mass is 31.2. The number of hydrogen-bond acceptors (Lipinski definition) is 3. The van der Waals surface area contributed by atoms with Gasteiger partial charge in [-0.25, -0.2) is 0 Å². The van der Waals surface area contributed by atoms with Crippen LogP contribution in [0.15, 0.2) is 0 Å². The molecule has 5 nitrogen and oxygen atoms in total. The van der Waals surface area contributed by atoms with E-state index in [0.717, 1.165) is 0 Å². The summed E-state index contributed by atoms with van der Waals surface area (Å²) in [5.41, 5.74) is 0. The summed E-state index contributed by atoms with van der Waals surface area (Å²) in [6.45, 7) is 4.42. The molecule has 2 unspecified atom stereocenters. The van der Waals surface area contributed by atoms with Crippen LogP contribution in [0.2, 0.25) is 0 Å². The van der Waals surface area contributed by atoms with Gasteiger partial charge < -0.3 is 0 Å². The van der Waals surface area contributed by atoms with Gasteiger partial charge in [-0.3, -0.25) is 0 Å². The molecule has 0 heterocycles. The largest absolute Gasteiger partial charge is 0.745 e. The Morgan fingerprint density at radius 1 is 1.08 bits per heavy atom. The number of rotatable bonds is 4. The molecule has 0 radical (unpaired) electrons. The van der Waals surface area contributed by atoms with Crippen LogP contribution in [0.1, 0.15) is 33.1 Å². The Morgan fingerprint density at radius 3 is 1.42 bits per heavy atom. The van der Waals surface area contributed by atoms with Crippen molar-refractivity contribution in [3.8, 4) is 0 Å². The first-order valence-electron chi connectivity index (χ1n) is 3.54. The van der Waals surface area contributed by atoms with Crippen molar-refractivity contribution in [1.82, 2.24) is 0 Å². The second kappa shape index (κ2) is 11.1. The lowest BCUT2D eigenvalue weighted by Crippen LogP contribution is -1.59. The maximum Gasteiger partial charge on any atom is 0.745 e. The van der Waals surface area contributed by atoms with Crippen molar-refractivity contribution in [2.24, 2.45) is 0 Å². The second-order valence-corrected chi connectivity index (χ2v) is 3.52. The minimum absolute atomic E-state index is 1.34. The van der Waals surface area contributed by atoms with Gasteiger partial charge in [-0.2, -0.15) is 0 Å². The predicted molar refractivity (Wildman–Crippen MR) is 45.9 cm³/mol. The van der Waals surface area contributed by atoms with E-state index in [1.165, 1.54) is 19.3 Å². The molecule has 0 aromatic rings. The minimum atomic E-state index is -2.92. The van der Waals surface area contributed by atoms with Crippen LogP contribution in [0, 0.1) is 0 Å². The van der Waals surface area contributed by atoms with Gasteiger partial charge >= 0.3 is 16.5 Å². The summed E-state index contributed by atoms with van der Waals surface area (Å²) < 4.78 is 22.2.